The number of nitrogen functional groups attached to an aromatic ring is 1. The van der Waals surface area contributed by atoms with Crippen LogP contribution < -0.4 is 5.73 Å². The summed E-state index contributed by atoms with van der Waals surface area (Å²) in [6.45, 7) is 2.08. The Kier molecular flexibility index (Phi) is 3.98. The summed E-state index contributed by atoms with van der Waals surface area (Å²) < 4.78 is 26.9. The Labute approximate surface area is 139 Å². The molecule has 3 heterocycles. The molecule has 1 fully saturated rings. The highest BCUT2D eigenvalue weighted by Crippen LogP contribution is 2.35. The van der Waals surface area contributed by atoms with E-state index in [9.17, 15) is 8.42 Å². The molecule has 2 aromatic rings. The fourth-order valence-corrected chi connectivity index (χ4v) is 3.96. The Morgan fingerprint density at radius 1 is 1.42 bits per heavy atom. The van der Waals surface area contributed by atoms with Crippen molar-refractivity contribution in [2.75, 3.05) is 24.6 Å². The fourth-order valence-electron chi connectivity index (χ4n) is 2.72. The van der Waals surface area contributed by atoms with Gasteiger partial charge in [0.05, 0.1) is 30.1 Å². The zero-order chi connectivity index (χ0) is 17.4. The van der Waals surface area contributed by atoms with E-state index in [1.54, 1.807) is 30.1 Å². The molecule has 1 aliphatic heterocycles. The topological polar surface area (TPSA) is 131 Å². The van der Waals surface area contributed by atoms with Crippen LogP contribution in [0.15, 0.2) is 24.8 Å². The third kappa shape index (κ3) is 2.72. The number of hydrogen-bond donors (Lipinski definition) is 1. The average Bonchev–Trinajstić information content (AvgIpc) is 3.00. The Hall–Kier alpha value is -2.51. The molecule has 0 bridgehead atoms. The molecule has 0 amide bonds. The summed E-state index contributed by atoms with van der Waals surface area (Å²) in [5.74, 6) is 0.392. The monoisotopic (exact) mass is 347 g/mol. The minimum absolute atomic E-state index is 0.0419. The van der Waals surface area contributed by atoms with Gasteiger partial charge in [-0.3, -0.25) is 4.68 Å². The van der Waals surface area contributed by atoms with Crippen molar-refractivity contribution >= 4 is 15.8 Å². The molecule has 2 N–H and O–H groups in total. The summed E-state index contributed by atoms with van der Waals surface area (Å²) in [6, 6.07) is 3.76. The van der Waals surface area contributed by atoms with E-state index in [0.717, 1.165) is 5.56 Å². The highest BCUT2D eigenvalue weighted by atomic mass is 32.2. The van der Waals surface area contributed by atoms with Gasteiger partial charge in [-0.25, -0.2) is 18.4 Å². The van der Waals surface area contributed by atoms with Crippen molar-refractivity contribution in [3.63, 3.8) is 0 Å². The molecule has 3 rings (SSSR count). The van der Waals surface area contributed by atoms with Crippen molar-refractivity contribution in [1.29, 1.82) is 5.26 Å². The van der Waals surface area contributed by atoms with E-state index in [4.69, 9.17) is 11.0 Å². The molecule has 1 saturated heterocycles. The highest BCUT2D eigenvalue weighted by Gasteiger charge is 2.49. The fraction of sp³-hybridized carbons (Fsp3) is 0.429. The lowest BCUT2D eigenvalue weighted by molar-refractivity contribution is 0.0719. The second-order valence-electron chi connectivity index (χ2n) is 5.73. The first-order chi connectivity index (χ1) is 11.4. The zero-order valence-corrected chi connectivity index (χ0v) is 13.9. The van der Waals surface area contributed by atoms with Gasteiger partial charge in [0.1, 0.15) is 17.7 Å². The second kappa shape index (κ2) is 5.85. The van der Waals surface area contributed by atoms with E-state index in [1.165, 1.54) is 10.6 Å². The number of anilines is 1. The predicted molar refractivity (Wildman–Crippen MR) is 86.9 cm³/mol. The quantitative estimate of drug-likeness (QED) is 0.817. The van der Waals surface area contributed by atoms with Crippen LogP contribution in [0.1, 0.15) is 13.3 Å². The SMILES string of the molecule is CCS(=O)(=O)N1CC(CC#N)(n2cc(-c3cc(N)ncn3)cn2)C1. The van der Waals surface area contributed by atoms with Crippen LogP contribution >= 0.6 is 0 Å². The van der Waals surface area contributed by atoms with Crippen molar-refractivity contribution in [1.82, 2.24) is 24.1 Å². The first-order valence-corrected chi connectivity index (χ1v) is 8.99. The van der Waals surface area contributed by atoms with Crippen LogP contribution in [0.25, 0.3) is 11.3 Å². The van der Waals surface area contributed by atoms with Gasteiger partial charge in [-0.05, 0) is 6.92 Å². The molecule has 9 nitrogen and oxygen atoms in total. The predicted octanol–water partition coefficient (Wildman–Crippen LogP) is 0.197. The smallest absolute Gasteiger partial charge is 0.213 e. The number of aromatic nitrogens is 4. The Morgan fingerprint density at radius 3 is 2.79 bits per heavy atom. The summed E-state index contributed by atoms with van der Waals surface area (Å²) in [5.41, 5.74) is 6.37. The standard InChI is InChI=1S/C14H17N7O2S/c1-2-24(22,23)20-8-14(9-20,3-4-15)21-7-11(6-19-21)12-5-13(16)18-10-17-12/h5-7,10H,2-3,8-9H2,1H3,(H2,16,17,18). The molecule has 0 radical (unpaired) electrons. The second-order valence-corrected chi connectivity index (χ2v) is 7.99. The Bertz CT molecular complexity index is 894. The summed E-state index contributed by atoms with van der Waals surface area (Å²) in [4.78, 5) is 7.99. The number of hydrogen-bond acceptors (Lipinski definition) is 7. The molecule has 0 aliphatic carbocycles. The number of nitrogens with zero attached hydrogens (tertiary/aromatic N) is 6. The van der Waals surface area contributed by atoms with Gasteiger partial charge in [-0.2, -0.15) is 14.7 Å². The van der Waals surface area contributed by atoms with E-state index >= 15 is 0 Å². The number of sulfonamides is 1. The molecule has 1 aliphatic rings. The summed E-state index contributed by atoms with van der Waals surface area (Å²) in [5, 5.41) is 13.5. The maximum Gasteiger partial charge on any atom is 0.213 e. The van der Waals surface area contributed by atoms with Gasteiger partial charge in [0.2, 0.25) is 10.0 Å². The van der Waals surface area contributed by atoms with Crippen molar-refractivity contribution < 1.29 is 8.42 Å². The molecule has 24 heavy (non-hydrogen) atoms. The van der Waals surface area contributed by atoms with Gasteiger partial charge in [-0.15, -0.1) is 0 Å². The van der Waals surface area contributed by atoms with E-state index in [-0.39, 0.29) is 25.3 Å². The third-order valence-electron chi connectivity index (χ3n) is 4.16. The molecule has 10 heteroatoms. The van der Waals surface area contributed by atoms with Crippen molar-refractivity contribution in [3.8, 4) is 17.3 Å². The van der Waals surface area contributed by atoms with Crippen LogP contribution in [0.2, 0.25) is 0 Å². The number of rotatable bonds is 5. The van der Waals surface area contributed by atoms with E-state index in [1.807, 2.05) is 0 Å². The van der Waals surface area contributed by atoms with Crippen LogP contribution in [0.5, 0.6) is 0 Å². The minimum atomic E-state index is -3.26. The first kappa shape index (κ1) is 16.4. The van der Waals surface area contributed by atoms with Gasteiger partial charge < -0.3 is 5.73 Å². The Balaban J connectivity index is 1.89. The van der Waals surface area contributed by atoms with Crippen molar-refractivity contribution in [2.24, 2.45) is 0 Å². The van der Waals surface area contributed by atoms with E-state index in [2.05, 4.69) is 21.1 Å². The molecule has 0 saturated carbocycles. The van der Waals surface area contributed by atoms with Crippen LogP contribution in [0, 0.1) is 11.3 Å². The van der Waals surface area contributed by atoms with Gasteiger partial charge in [0.25, 0.3) is 0 Å². The molecular formula is C14H17N7O2S. The van der Waals surface area contributed by atoms with E-state index < -0.39 is 15.6 Å². The molecule has 126 valence electrons. The van der Waals surface area contributed by atoms with Gasteiger partial charge in [-0.1, -0.05) is 0 Å². The lowest BCUT2D eigenvalue weighted by atomic mass is 9.89. The first-order valence-electron chi connectivity index (χ1n) is 7.38. The average molecular weight is 347 g/mol. The lowest BCUT2D eigenvalue weighted by Gasteiger charge is -2.47. The highest BCUT2D eigenvalue weighted by molar-refractivity contribution is 7.89. The minimum Gasteiger partial charge on any atom is -0.384 e. The summed E-state index contributed by atoms with van der Waals surface area (Å²) in [7, 11) is -3.26. The van der Waals surface area contributed by atoms with Crippen LogP contribution in [0.3, 0.4) is 0 Å². The van der Waals surface area contributed by atoms with Crippen LogP contribution in [-0.4, -0.2) is 51.3 Å². The van der Waals surface area contributed by atoms with Gasteiger partial charge in [0.15, 0.2) is 0 Å². The van der Waals surface area contributed by atoms with Crippen molar-refractivity contribution in [3.05, 3.63) is 24.8 Å². The number of nitrogens with two attached hydrogens (primary N) is 1. The molecule has 0 aromatic carbocycles. The number of nitriles is 1. The largest absolute Gasteiger partial charge is 0.384 e. The van der Waals surface area contributed by atoms with Crippen molar-refractivity contribution in [2.45, 2.75) is 18.9 Å². The summed E-state index contributed by atoms with van der Waals surface area (Å²) in [6.07, 6.45) is 4.93. The van der Waals surface area contributed by atoms with Gasteiger partial charge in [0, 0.05) is 30.9 Å². The Morgan fingerprint density at radius 2 is 2.17 bits per heavy atom. The maximum atomic E-state index is 12.0. The third-order valence-corrected chi connectivity index (χ3v) is 5.93. The summed E-state index contributed by atoms with van der Waals surface area (Å²) >= 11 is 0. The normalized spacial score (nSPS) is 17.2. The molecule has 0 unspecified atom stereocenters. The van der Waals surface area contributed by atoms with E-state index in [0.29, 0.717) is 11.5 Å². The van der Waals surface area contributed by atoms with Crippen LogP contribution in [0.4, 0.5) is 5.82 Å². The molecule has 0 spiro atoms. The molecular weight excluding hydrogens is 330 g/mol. The van der Waals surface area contributed by atoms with Crippen LogP contribution in [-0.2, 0) is 15.6 Å². The zero-order valence-electron chi connectivity index (χ0n) is 13.1. The molecule has 2 aromatic heterocycles. The maximum absolute atomic E-state index is 12.0. The molecule has 0 atom stereocenters. The lowest BCUT2D eigenvalue weighted by Crippen LogP contribution is -2.64. The van der Waals surface area contributed by atoms with Gasteiger partial charge >= 0.3 is 0 Å².